The minimum absolute atomic E-state index is 0.00296. The van der Waals surface area contributed by atoms with Gasteiger partial charge in [0.1, 0.15) is 0 Å². The van der Waals surface area contributed by atoms with Crippen LogP contribution in [0.15, 0.2) is 18.2 Å². The largest absolute Gasteiger partial charge is 0.504 e. The predicted molar refractivity (Wildman–Crippen MR) is 56.5 cm³/mol. The van der Waals surface area contributed by atoms with Gasteiger partial charge in [-0.2, -0.15) is 0 Å². The van der Waals surface area contributed by atoms with Gasteiger partial charge < -0.3 is 15.6 Å². The van der Waals surface area contributed by atoms with Crippen LogP contribution in [0.4, 0.5) is 0 Å². The molecule has 0 spiro atoms. The van der Waals surface area contributed by atoms with E-state index in [1.165, 1.54) is 7.11 Å². The van der Waals surface area contributed by atoms with Gasteiger partial charge in [0.15, 0.2) is 11.5 Å². The van der Waals surface area contributed by atoms with Crippen molar-refractivity contribution in [2.24, 2.45) is 5.73 Å². The highest BCUT2D eigenvalue weighted by Crippen LogP contribution is 2.29. The second-order valence-electron chi connectivity index (χ2n) is 3.33. The lowest BCUT2D eigenvalue weighted by Gasteiger charge is -2.12. The second-order valence-corrected chi connectivity index (χ2v) is 3.33. The first-order chi connectivity index (χ1) is 6.69. The summed E-state index contributed by atoms with van der Waals surface area (Å²) in [5.41, 5.74) is 6.86. The lowest BCUT2D eigenvalue weighted by Crippen LogP contribution is -2.09. The number of ether oxygens (including phenoxy) is 1. The minimum Gasteiger partial charge on any atom is -0.504 e. The maximum atomic E-state index is 9.53. The van der Waals surface area contributed by atoms with Crippen LogP contribution in [0.3, 0.4) is 0 Å². The summed E-state index contributed by atoms with van der Waals surface area (Å²) in [5, 5.41) is 9.53. The first-order valence-corrected chi connectivity index (χ1v) is 4.81. The molecule has 3 nitrogen and oxygen atoms in total. The third-order valence-corrected chi connectivity index (χ3v) is 2.23. The molecule has 0 aliphatic rings. The van der Waals surface area contributed by atoms with Gasteiger partial charge in [-0.15, -0.1) is 0 Å². The summed E-state index contributed by atoms with van der Waals surface area (Å²) in [4.78, 5) is 0. The molecule has 0 saturated carbocycles. The van der Waals surface area contributed by atoms with E-state index in [2.05, 4.69) is 6.92 Å². The van der Waals surface area contributed by atoms with Gasteiger partial charge in [-0.25, -0.2) is 0 Å². The molecule has 0 unspecified atom stereocenters. The zero-order chi connectivity index (χ0) is 10.6. The molecule has 0 bridgehead atoms. The maximum absolute atomic E-state index is 9.53. The molecule has 0 aromatic heterocycles. The molecule has 0 aliphatic carbocycles. The van der Waals surface area contributed by atoms with Gasteiger partial charge in [-0.3, -0.25) is 0 Å². The van der Waals surface area contributed by atoms with E-state index >= 15 is 0 Å². The molecule has 14 heavy (non-hydrogen) atoms. The molecule has 3 heteroatoms. The van der Waals surface area contributed by atoms with E-state index in [-0.39, 0.29) is 11.8 Å². The Morgan fingerprint density at radius 3 is 2.71 bits per heavy atom. The van der Waals surface area contributed by atoms with Crippen molar-refractivity contribution in [2.75, 3.05) is 7.11 Å². The van der Waals surface area contributed by atoms with Gasteiger partial charge in [0, 0.05) is 6.04 Å². The van der Waals surface area contributed by atoms with Crippen LogP contribution in [0.2, 0.25) is 0 Å². The average molecular weight is 195 g/mol. The van der Waals surface area contributed by atoms with Crippen LogP contribution < -0.4 is 10.5 Å². The lowest BCUT2D eigenvalue weighted by molar-refractivity contribution is 0.372. The number of nitrogens with two attached hydrogens (primary N) is 1. The zero-order valence-electron chi connectivity index (χ0n) is 8.66. The van der Waals surface area contributed by atoms with Crippen molar-refractivity contribution in [2.45, 2.75) is 25.8 Å². The molecule has 1 rings (SSSR count). The summed E-state index contributed by atoms with van der Waals surface area (Å²) < 4.78 is 4.95. The monoisotopic (exact) mass is 195 g/mol. The first kappa shape index (κ1) is 10.9. The number of phenols is 1. The number of hydrogen-bond donors (Lipinski definition) is 2. The fourth-order valence-electron chi connectivity index (χ4n) is 1.42. The normalized spacial score (nSPS) is 12.5. The molecule has 0 aliphatic heterocycles. The number of methoxy groups -OCH3 is 1. The molecule has 0 radical (unpaired) electrons. The Morgan fingerprint density at radius 2 is 2.21 bits per heavy atom. The Morgan fingerprint density at radius 1 is 1.50 bits per heavy atom. The Balaban J connectivity index is 2.85. The summed E-state index contributed by atoms with van der Waals surface area (Å²) in [7, 11) is 1.53. The summed E-state index contributed by atoms with van der Waals surface area (Å²) in [6.07, 6.45) is 1.96. The molecule has 1 atom stereocenters. The number of rotatable bonds is 4. The average Bonchev–Trinajstić information content (AvgIpc) is 2.18. The van der Waals surface area contributed by atoms with Crippen molar-refractivity contribution < 1.29 is 9.84 Å². The molecular formula is C11H17NO2. The van der Waals surface area contributed by atoms with E-state index in [0.29, 0.717) is 5.75 Å². The molecule has 0 heterocycles. The predicted octanol–water partition coefficient (Wildman–Crippen LogP) is 2.20. The van der Waals surface area contributed by atoms with Gasteiger partial charge >= 0.3 is 0 Å². The third-order valence-electron chi connectivity index (χ3n) is 2.23. The van der Waals surface area contributed by atoms with Crippen molar-refractivity contribution in [3.63, 3.8) is 0 Å². The first-order valence-electron chi connectivity index (χ1n) is 4.81. The van der Waals surface area contributed by atoms with Crippen molar-refractivity contribution in [1.29, 1.82) is 0 Å². The summed E-state index contributed by atoms with van der Waals surface area (Å²) in [6.45, 7) is 2.09. The van der Waals surface area contributed by atoms with Crippen LogP contribution in [0.25, 0.3) is 0 Å². The van der Waals surface area contributed by atoms with E-state index in [9.17, 15) is 5.11 Å². The van der Waals surface area contributed by atoms with Crippen molar-refractivity contribution in [3.05, 3.63) is 23.8 Å². The molecule has 1 aromatic carbocycles. The van der Waals surface area contributed by atoms with Crippen LogP contribution in [0.1, 0.15) is 31.4 Å². The number of aromatic hydroxyl groups is 1. The quantitative estimate of drug-likeness (QED) is 0.774. The second kappa shape index (κ2) is 4.86. The van der Waals surface area contributed by atoms with Crippen LogP contribution in [0.5, 0.6) is 11.5 Å². The molecule has 78 valence electrons. The van der Waals surface area contributed by atoms with E-state index in [1.807, 2.05) is 6.07 Å². The fourth-order valence-corrected chi connectivity index (χ4v) is 1.42. The Kier molecular flexibility index (Phi) is 3.77. The molecule has 0 fully saturated rings. The van der Waals surface area contributed by atoms with Gasteiger partial charge in [0.2, 0.25) is 0 Å². The number of phenolic OH excluding ortho intramolecular Hbond substituents is 1. The number of benzene rings is 1. The SMILES string of the molecule is CCC[C@@H](N)c1ccc(OC)c(O)c1. The van der Waals surface area contributed by atoms with Crippen molar-refractivity contribution >= 4 is 0 Å². The summed E-state index contributed by atoms with van der Waals surface area (Å²) in [6, 6.07) is 5.29. The Labute approximate surface area is 84.5 Å². The third kappa shape index (κ3) is 2.39. The highest BCUT2D eigenvalue weighted by atomic mass is 16.5. The smallest absolute Gasteiger partial charge is 0.160 e. The Hall–Kier alpha value is -1.22. The van der Waals surface area contributed by atoms with E-state index < -0.39 is 0 Å². The topological polar surface area (TPSA) is 55.5 Å². The fraction of sp³-hybridized carbons (Fsp3) is 0.455. The molecule has 0 amide bonds. The molecule has 1 aromatic rings. The summed E-state index contributed by atoms with van der Waals surface area (Å²) in [5.74, 6) is 0.633. The van der Waals surface area contributed by atoms with Crippen LogP contribution in [0, 0.1) is 0 Å². The van der Waals surface area contributed by atoms with Crippen molar-refractivity contribution in [1.82, 2.24) is 0 Å². The lowest BCUT2D eigenvalue weighted by atomic mass is 10.0. The summed E-state index contributed by atoms with van der Waals surface area (Å²) >= 11 is 0. The van der Waals surface area contributed by atoms with Crippen LogP contribution >= 0.6 is 0 Å². The molecule has 0 saturated heterocycles. The maximum Gasteiger partial charge on any atom is 0.160 e. The standard InChI is InChI=1S/C11H17NO2/c1-3-4-9(12)8-5-6-11(14-2)10(13)7-8/h5-7,9,13H,3-4,12H2,1-2H3/t9-/m1/s1. The van der Waals surface area contributed by atoms with Crippen molar-refractivity contribution in [3.8, 4) is 11.5 Å². The van der Waals surface area contributed by atoms with Crippen LogP contribution in [-0.2, 0) is 0 Å². The minimum atomic E-state index is -0.00296. The zero-order valence-corrected chi connectivity index (χ0v) is 8.66. The van der Waals surface area contributed by atoms with E-state index in [4.69, 9.17) is 10.5 Å². The van der Waals surface area contributed by atoms with Gasteiger partial charge in [0.25, 0.3) is 0 Å². The molecule has 3 N–H and O–H groups in total. The Bertz CT molecular complexity index is 299. The van der Waals surface area contributed by atoms with E-state index in [1.54, 1.807) is 12.1 Å². The molecular weight excluding hydrogens is 178 g/mol. The highest BCUT2D eigenvalue weighted by molar-refractivity contribution is 5.42. The number of hydrogen-bond acceptors (Lipinski definition) is 3. The highest BCUT2D eigenvalue weighted by Gasteiger charge is 2.08. The van der Waals surface area contributed by atoms with Gasteiger partial charge in [0.05, 0.1) is 7.11 Å². The van der Waals surface area contributed by atoms with E-state index in [0.717, 1.165) is 18.4 Å². The van der Waals surface area contributed by atoms with Gasteiger partial charge in [-0.05, 0) is 24.1 Å². The van der Waals surface area contributed by atoms with Gasteiger partial charge in [-0.1, -0.05) is 19.4 Å². The van der Waals surface area contributed by atoms with Crippen LogP contribution in [-0.4, -0.2) is 12.2 Å².